The van der Waals surface area contributed by atoms with Gasteiger partial charge >= 0.3 is 0 Å². The second kappa shape index (κ2) is 5.50. The molecule has 0 bridgehead atoms. The van der Waals surface area contributed by atoms with Crippen LogP contribution in [0.25, 0.3) is 0 Å². The van der Waals surface area contributed by atoms with E-state index in [1.54, 1.807) is 6.92 Å². The predicted octanol–water partition coefficient (Wildman–Crippen LogP) is 5.10. The van der Waals surface area contributed by atoms with Crippen LogP contribution in [0.2, 0.25) is 5.15 Å². The molecular formula is C14H11BrClF2N3. The van der Waals surface area contributed by atoms with Crippen molar-refractivity contribution < 1.29 is 8.78 Å². The molecule has 0 spiro atoms. The Labute approximate surface area is 133 Å². The van der Waals surface area contributed by atoms with Gasteiger partial charge in [-0.25, -0.2) is 18.7 Å². The van der Waals surface area contributed by atoms with E-state index in [1.165, 1.54) is 0 Å². The van der Waals surface area contributed by atoms with Gasteiger partial charge in [-0.1, -0.05) is 11.6 Å². The lowest BCUT2D eigenvalue weighted by Gasteiger charge is -2.12. The number of halogens is 4. The van der Waals surface area contributed by atoms with Crippen LogP contribution in [0.3, 0.4) is 0 Å². The van der Waals surface area contributed by atoms with E-state index in [0.29, 0.717) is 28.3 Å². The third-order valence-electron chi connectivity index (χ3n) is 3.31. The number of benzene rings is 1. The molecule has 1 aromatic carbocycles. The van der Waals surface area contributed by atoms with Crippen LogP contribution in [0.1, 0.15) is 30.1 Å². The van der Waals surface area contributed by atoms with Crippen LogP contribution >= 0.6 is 27.5 Å². The van der Waals surface area contributed by atoms with Gasteiger partial charge in [-0.3, -0.25) is 0 Å². The molecular weight excluding hydrogens is 364 g/mol. The topological polar surface area (TPSA) is 37.8 Å². The number of aromatic nitrogens is 2. The van der Waals surface area contributed by atoms with Crippen LogP contribution in [0.4, 0.5) is 20.3 Å². The number of hydrogen-bond acceptors (Lipinski definition) is 3. The first kappa shape index (κ1) is 14.7. The van der Waals surface area contributed by atoms with E-state index in [0.717, 1.165) is 25.0 Å². The summed E-state index contributed by atoms with van der Waals surface area (Å²) in [7, 11) is 0. The zero-order valence-corrected chi connectivity index (χ0v) is 13.4. The standard InChI is InChI=1S/C14H11BrClF2N3/c1-6-12(16)20-14(7-2-3-7)21-13(6)19-11-5-9(17)8(15)4-10(11)18/h4-5,7H,2-3H2,1H3,(H,19,20,21). The molecule has 0 radical (unpaired) electrons. The highest BCUT2D eigenvalue weighted by Crippen LogP contribution is 2.40. The fourth-order valence-corrected chi connectivity index (χ4v) is 2.39. The van der Waals surface area contributed by atoms with Crippen molar-refractivity contribution in [2.24, 2.45) is 0 Å². The molecule has 0 atom stereocenters. The maximum Gasteiger partial charge on any atom is 0.148 e. The van der Waals surface area contributed by atoms with E-state index in [2.05, 4.69) is 31.2 Å². The average Bonchev–Trinajstić information content (AvgIpc) is 3.25. The second-order valence-corrected chi connectivity index (χ2v) is 6.20. The molecule has 1 aromatic heterocycles. The van der Waals surface area contributed by atoms with Crippen molar-refractivity contribution in [1.82, 2.24) is 9.97 Å². The Kier molecular flexibility index (Phi) is 3.84. The van der Waals surface area contributed by atoms with E-state index >= 15 is 0 Å². The number of nitrogens with zero attached hydrogens (tertiary/aromatic N) is 2. The average molecular weight is 375 g/mol. The van der Waals surface area contributed by atoms with E-state index in [1.807, 2.05) is 0 Å². The summed E-state index contributed by atoms with van der Waals surface area (Å²) in [6.45, 7) is 1.73. The third-order valence-corrected chi connectivity index (χ3v) is 4.28. The highest BCUT2D eigenvalue weighted by atomic mass is 79.9. The van der Waals surface area contributed by atoms with Gasteiger partial charge in [-0.2, -0.15) is 0 Å². The number of rotatable bonds is 3. The largest absolute Gasteiger partial charge is 0.337 e. The van der Waals surface area contributed by atoms with Gasteiger partial charge in [-0.15, -0.1) is 0 Å². The second-order valence-electron chi connectivity index (χ2n) is 4.99. The molecule has 2 aromatic rings. The summed E-state index contributed by atoms with van der Waals surface area (Å²) in [4.78, 5) is 8.61. The molecule has 1 aliphatic rings. The molecule has 0 saturated heterocycles. The molecule has 1 heterocycles. The van der Waals surface area contributed by atoms with Crippen molar-refractivity contribution >= 4 is 39.0 Å². The normalized spacial score (nSPS) is 14.3. The molecule has 1 fully saturated rings. The van der Waals surface area contributed by atoms with E-state index < -0.39 is 11.6 Å². The lowest BCUT2D eigenvalue weighted by Crippen LogP contribution is -2.04. The van der Waals surface area contributed by atoms with Crippen LogP contribution < -0.4 is 5.32 Å². The van der Waals surface area contributed by atoms with Gasteiger partial charge in [0.15, 0.2) is 0 Å². The van der Waals surface area contributed by atoms with E-state index in [9.17, 15) is 8.78 Å². The Morgan fingerprint density at radius 1 is 1.24 bits per heavy atom. The molecule has 0 aliphatic heterocycles. The van der Waals surface area contributed by atoms with Gasteiger partial charge in [0, 0.05) is 17.5 Å². The smallest absolute Gasteiger partial charge is 0.148 e. The molecule has 0 unspecified atom stereocenters. The highest BCUT2D eigenvalue weighted by Gasteiger charge is 2.28. The van der Waals surface area contributed by atoms with Crippen LogP contribution in [-0.4, -0.2) is 9.97 Å². The van der Waals surface area contributed by atoms with Gasteiger partial charge in [0.2, 0.25) is 0 Å². The monoisotopic (exact) mass is 373 g/mol. The molecule has 0 amide bonds. The summed E-state index contributed by atoms with van der Waals surface area (Å²) in [5, 5.41) is 3.13. The molecule has 1 saturated carbocycles. The summed E-state index contributed by atoms with van der Waals surface area (Å²) in [6, 6.07) is 2.14. The summed E-state index contributed by atoms with van der Waals surface area (Å²) in [5.74, 6) is 0.225. The van der Waals surface area contributed by atoms with Gasteiger partial charge in [-0.05, 0) is 41.8 Å². The van der Waals surface area contributed by atoms with Crippen LogP contribution in [0, 0.1) is 18.6 Å². The van der Waals surface area contributed by atoms with Crippen LogP contribution in [0.15, 0.2) is 16.6 Å². The quantitative estimate of drug-likeness (QED) is 0.600. The molecule has 1 aliphatic carbocycles. The van der Waals surface area contributed by atoms with Crippen molar-refractivity contribution in [3.05, 3.63) is 44.8 Å². The van der Waals surface area contributed by atoms with E-state index in [4.69, 9.17) is 11.6 Å². The fraction of sp³-hybridized carbons (Fsp3) is 0.286. The minimum atomic E-state index is -0.578. The molecule has 1 N–H and O–H groups in total. The van der Waals surface area contributed by atoms with Crippen molar-refractivity contribution in [2.45, 2.75) is 25.7 Å². The first-order valence-electron chi connectivity index (χ1n) is 6.41. The van der Waals surface area contributed by atoms with E-state index in [-0.39, 0.29) is 10.2 Å². The Morgan fingerprint density at radius 3 is 2.62 bits per heavy atom. The van der Waals surface area contributed by atoms with Crippen molar-refractivity contribution in [3.63, 3.8) is 0 Å². The molecule has 110 valence electrons. The van der Waals surface area contributed by atoms with Gasteiger partial charge in [0.25, 0.3) is 0 Å². The van der Waals surface area contributed by atoms with Crippen molar-refractivity contribution in [3.8, 4) is 0 Å². The van der Waals surface area contributed by atoms with Crippen molar-refractivity contribution in [2.75, 3.05) is 5.32 Å². The van der Waals surface area contributed by atoms with Gasteiger partial charge < -0.3 is 5.32 Å². The molecule has 21 heavy (non-hydrogen) atoms. The van der Waals surface area contributed by atoms with Gasteiger partial charge in [0.1, 0.15) is 28.4 Å². The molecule has 3 rings (SSSR count). The van der Waals surface area contributed by atoms with Crippen LogP contribution in [-0.2, 0) is 0 Å². The lowest BCUT2D eigenvalue weighted by atomic mass is 10.2. The van der Waals surface area contributed by atoms with Crippen LogP contribution in [0.5, 0.6) is 0 Å². The Morgan fingerprint density at radius 2 is 1.95 bits per heavy atom. The summed E-state index contributed by atoms with van der Waals surface area (Å²) >= 11 is 9.03. The number of nitrogens with one attached hydrogen (secondary N) is 1. The minimum Gasteiger partial charge on any atom is -0.337 e. The maximum absolute atomic E-state index is 13.9. The SMILES string of the molecule is Cc1c(Cl)nc(C2CC2)nc1Nc1cc(F)c(Br)cc1F. The zero-order valence-electron chi connectivity index (χ0n) is 11.1. The first-order chi connectivity index (χ1) is 9.95. The Bertz CT molecular complexity index is 720. The predicted molar refractivity (Wildman–Crippen MR) is 81.1 cm³/mol. The summed E-state index contributed by atoms with van der Waals surface area (Å²) in [6.07, 6.45) is 2.06. The summed E-state index contributed by atoms with van der Waals surface area (Å²) < 4.78 is 27.5. The fourth-order valence-electron chi connectivity index (χ4n) is 1.90. The molecule has 7 heteroatoms. The summed E-state index contributed by atoms with van der Waals surface area (Å²) in [5.41, 5.74) is 0.610. The van der Waals surface area contributed by atoms with Gasteiger partial charge in [0.05, 0.1) is 10.2 Å². The minimum absolute atomic E-state index is 0.00955. The van der Waals surface area contributed by atoms with Crippen molar-refractivity contribution in [1.29, 1.82) is 0 Å². The maximum atomic E-state index is 13.9. The first-order valence-corrected chi connectivity index (χ1v) is 7.58. The Balaban J connectivity index is 1.99. The number of hydrogen-bond donors (Lipinski definition) is 1. The Hall–Kier alpha value is -1.27. The molecule has 3 nitrogen and oxygen atoms in total. The third kappa shape index (κ3) is 3.01. The zero-order chi connectivity index (χ0) is 15.1. The lowest BCUT2D eigenvalue weighted by molar-refractivity contribution is 0.597. The number of anilines is 2. The highest BCUT2D eigenvalue weighted by molar-refractivity contribution is 9.10.